The summed E-state index contributed by atoms with van der Waals surface area (Å²) >= 11 is 0. The fourth-order valence-electron chi connectivity index (χ4n) is 3.49. The van der Waals surface area contributed by atoms with Gasteiger partial charge in [0.2, 0.25) is 0 Å². The van der Waals surface area contributed by atoms with Crippen molar-refractivity contribution < 1.29 is 14.3 Å². The fraction of sp³-hybridized carbons (Fsp3) is 0.227. The number of para-hydroxylation sites is 1. The van der Waals surface area contributed by atoms with Crippen molar-refractivity contribution in [2.75, 3.05) is 13.7 Å². The zero-order chi connectivity index (χ0) is 19.7. The standard InChI is InChI=1S/C22H20N2O4/c1-3-28-22(26)16-9-11-19-23-20-15(8-10-17(20)21(25)24(19)13-16)12-14-6-4-5-7-18(14)27-2/h4-7,9,11-13H,3,8,10H2,1-2H3. The summed E-state index contributed by atoms with van der Waals surface area (Å²) in [5.41, 5.74) is 4.04. The van der Waals surface area contributed by atoms with Gasteiger partial charge in [0, 0.05) is 17.3 Å². The van der Waals surface area contributed by atoms with Gasteiger partial charge >= 0.3 is 5.97 Å². The molecule has 1 aliphatic rings. The summed E-state index contributed by atoms with van der Waals surface area (Å²) in [6.07, 6.45) is 4.89. The van der Waals surface area contributed by atoms with Gasteiger partial charge in [-0.25, -0.2) is 9.78 Å². The summed E-state index contributed by atoms with van der Waals surface area (Å²) in [6, 6.07) is 11.1. The van der Waals surface area contributed by atoms with Crippen LogP contribution in [0.2, 0.25) is 0 Å². The first-order chi connectivity index (χ1) is 13.6. The number of carbonyl (C=O) groups excluding carboxylic acids is 1. The van der Waals surface area contributed by atoms with Gasteiger partial charge in [-0.1, -0.05) is 18.2 Å². The number of ether oxygens (including phenoxy) is 2. The lowest BCUT2D eigenvalue weighted by Crippen LogP contribution is -2.21. The molecule has 0 amide bonds. The Morgan fingerprint density at radius 1 is 1.21 bits per heavy atom. The van der Waals surface area contributed by atoms with Crippen molar-refractivity contribution in [3.05, 3.63) is 75.3 Å². The minimum absolute atomic E-state index is 0.144. The Kier molecular flexibility index (Phi) is 4.69. The van der Waals surface area contributed by atoms with Crippen molar-refractivity contribution in [1.82, 2.24) is 9.38 Å². The summed E-state index contributed by atoms with van der Waals surface area (Å²) in [6.45, 7) is 2.03. The molecule has 2 aromatic heterocycles. The van der Waals surface area contributed by atoms with E-state index in [0.717, 1.165) is 29.0 Å². The average molecular weight is 376 g/mol. The van der Waals surface area contributed by atoms with Crippen molar-refractivity contribution in [3.8, 4) is 5.75 Å². The quantitative estimate of drug-likeness (QED) is 0.653. The van der Waals surface area contributed by atoms with Crippen molar-refractivity contribution in [1.29, 1.82) is 0 Å². The topological polar surface area (TPSA) is 69.9 Å². The molecule has 0 saturated carbocycles. The van der Waals surface area contributed by atoms with E-state index >= 15 is 0 Å². The average Bonchev–Trinajstić information content (AvgIpc) is 3.11. The summed E-state index contributed by atoms with van der Waals surface area (Å²) in [4.78, 5) is 29.7. The van der Waals surface area contributed by atoms with Crippen LogP contribution in [0.5, 0.6) is 5.75 Å². The molecule has 142 valence electrons. The Morgan fingerprint density at radius 3 is 2.82 bits per heavy atom. The molecule has 6 heteroatoms. The SMILES string of the molecule is CCOC(=O)c1ccc2nc3c(c(=O)n2c1)CCC3=Cc1ccccc1OC. The van der Waals surface area contributed by atoms with Gasteiger partial charge in [0.05, 0.1) is 25.0 Å². The Balaban J connectivity index is 1.82. The number of rotatable bonds is 4. The smallest absolute Gasteiger partial charge is 0.339 e. The second kappa shape index (κ2) is 7.31. The molecule has 6 nitrogen and oxygen atoms in total. The normalized spacial score (nSPS) is 14.3. The van der Waals surface area contributed by atoms with Crippen molar-refractivity contribution in [2.45, 2.75) is 19.8 Å². The summed E-state index contributed by atoms with van der Waals surface area (Å²) in [5, 5.41) is 0. The molecule has 3 aromatic rings. The summed E-state index contributed by atoms with van der Waals surface area (Å²) < 4.78 is 11.9. The van der Waals surface area contributed by atoms with Crippen LogP contribution in [0.25, 0.3) is 17.3 Å². The molecule has 0 radical (unpaired) electrons. The molecule has 0 spiro atoms. The molecule has 1 aromatic carbocycles. The Bertz CT molecular complexity index is 1160. The number of benzene rings is 1. The van der Waals surface area contributed by atoms with Crippen molar-refractivity contribution in [2.24, 2.45) is 0 Å². The van der Waals surface area contributed by atoms with Gasteiger partial charge in [-0.3, -0.25) is 9.20 Å². The van der Waals surface area contributed by atoms with Crippen LogP contribution < -0.4 is 10.3 Å². The van der Waals surface area contributed by atoms with Crippen molar-refractivity contribution >= 4 is 23.3 Å². The highest BCUT2D eigenvalue weighted by molar-refractivity contribution is 5.89. The maximum Gasteiger partial charge on any atom is 0.339 e. The molecule has 28 heavy (non-hydrogen) atoms. The minimum Gasteiger partial charge on any atom is -0.496 e. The first-order valence-corrected chi connectivity index (χ1v) is 9.18. The molecule has 0 bridgehead atoms. The number of fused-ring (bicyclic) bond motifs is 2. The first-order valence-electron chi connectivity index (χ1n) is 9.18. The number of methoxy groups -OCH3 is 1. The second-order valence-corrected chi connectivity index (χ2v) is 6.52. The van der Waals surface area contributed by atoms with Gasteiger partial charge in [-0.15, -0.1) is 0 Å². The molecule has 4 rings (SSSR count). The molecule has 0 N–H and O–H groups in total. The van der Waals surface area contributed by atoms with E-state index in [9.17, 15) is 9.59 Å². The van der Waals surface area contributed by atoms with E-state index in [0.29, 0.717) is 23.2 Å². The Morgan fingerprint density at radius 2 is 2.04 bits per heavy atom. The monoisotopic (exact) mass is 376 g/mol. The molecular weight excluding hydrogens is 356 g/mol. The predicted octanol–water partition coefficient (Wildman–Crippen LogP) is 3.37. The highest BCUT2D eigenvalue weighted by Gasteiger charge is 2.23. The fourth-order valence-corrected chi connectivity index (χ4v) is 3.49. The third-order valence-electron chi connectivity index (χ3n) is 4.84. The van der Waals surface area contributed by atoms with Crippen molar-refractivity contribution in [3.63, 3.8) is 0 Å². The predicted molar refractivity (Wildman–Crippen MR) is 107 cm³/mol. The molecule has 1 aliphatic carbocycles. The lowest BCUT2D eigenvalue weighted by molar-refractivity contribution is 0.0525. The molecular formula is C22H20N2O4. The van der Waals surface area contributed by atoms with Crippen LogP contribution in [-0.4, -0.2) is 29.1 Å². The first kappa shape index (κ1) is 18.0. The number of nitrogens with zero attached hydrogens (tertiary/aromatic N) is 2. The number of hydrogen-bond acceptors (Lipinski definition) is 5. The highest BCUT2D eigenvalue weighted by Crippen LogP contribution is 2.32. The van der Waals surface area contributed by atoms with E-state index in [2.05, 4.69) is 0 Å². The van der Waals surface area contributed by atoms with Crippen LogP contribution >= 0.6 is 0 Å². The van der Waals surface area contributed by atoms with Gasteiger partial charge in [0.25, 0.3) is 5.56 Å². The molecule has 0 aliphatic heterocycles. The van der Waals surface area contributed by atoms with E-state index in [-0.39, 0.29) is 12.2 Å². The van der Waals surface area contributed by atoms with Gasteiger partial charge in [-0.2, -0.15) is 0 Å². The van der Waals surface area contributed by atoms with E-state index in [1.54, 1.807) is 26.2 Å². The third kappa shape index (κ3) is 3.07. The van der Waals surface area contributed by atoms with Gasteiger partial charge in [-0.05, 0) is 49.6 Å². The minimum atomic E-state index is -0.450. The number of carbonyl (C=O) groups is 1. The molecule has 0 atom stereocenters. The van der Waals surface area contributed by atoms with Crippen LogP contribution in [0.1, 0.15) is 40.5 Å². The highest BCUT2D eigenvalue weighted by atomic mass is 16.5. The molecule has 0 fully saturated rings. The van der Waals surface area contributed by atoms with E-state index < -0.39 is 5.97 Å². The lowest BCUT2D eigenvalue weighted by atomic mass is 10.1. The number of allylic oxidation sites excluding steroid dienone is 1. The van der Waals surface area contributed by atoms with Crippen LogP contribution in [0, 0.1) is 0 Å². The molecule has 0 saturated heterocycles. The Labute approximate surface area is 162 Å². The lowest BCUT2D eigenvalue weighted by Gasteiger charge is -2.08. The van der Waals surface area contributed by atoms with Crippen LogP contribution in [-0.2, 0) is 11.2 Å². The van der Waals surface area contributed by atoms with E-state index in [1.807, 2.05) is 30.3 Å². The number of aromatic nitrogens is 2. The van der Waals surface area contributed by atoms with Crippen LogP contribution in [0.15, 0.2) is 47.4 Å². The van der Waals surface area contributed by atoms with Crippen LogP contribution in [0.4, 0.5) is 0 Å². The number of pyridine rings is 1. The summed E-state index contributed by atoms with van der Waals surface area (Å²) in [5.74, 6) is 0.327. The largest absolute Gasteiger partial charge is 0.496 e. The zero-order valence-electron chi connectivity index (χ0n) is 15.8. The van der Waals surface area contributed by atoms with Crippen LogP contribution in [0.3, 0.4) is 0 Å². The maximum atomic E-state index is 13.0. The molecule has 2 heterocycles. The van der Waals surface area contributed by atoms with Gasteiger partial charge in [0.15, 0.2) is 0 Å². The molecule has 0 unspecified atom stereocenters. The van der Waals surface area contributed by atoms with Gasteiger partial charge < -0.3 is 9.47 Å². The van der Waals surface area contributed by atoms with E-state index in [4.69, 9.17) is 14.5 Å². The summed E-state index contributed by atoms with van der Waals surface area (Å²) in [7, 11) is 1.64. The maximum absolute atomic E-state index is 13.0. The van der Waals surface area contributed by atoms with Gasteiger partial charge in [0.1, 0.15) is 11.4 Å². The second-order valence-electron chi connectivity index (χ2n) is 6.52. The third-order valence-corrected chi connectivity index (χ3v) is 4.84. The van der Waals surface area contributed by atoms with E-state index in [1.165, 1.54) is 10.6 Å². The Hall–Kier alpha value is -3.41. The number of hydrogen-bond donors (Lipinski definition) is 0. The zero-order valence-corrected chi connectivity index (χ0v) is 15.8. The number of esters is 1.